The smallest absolute Gasteiger partial charge is 0.188 e. The summed E-state index contributed by atoms with van der Waals surface area (Å²) in [5.41, 5.74) is 8.12. The van der Waals surface area contributed by atoms with Gasteiger partial charge in [0.2, 0.25) is 0 Å². The third-order valence-electron chi connectivity index (χ3n) is 2.79. The molecule has 0 saturated heterocycles. The molecule has 0 aliphatic rings. The number of rotatable bonds is 2. The standard InChI is InChI=1S/C13H9BrClN5/c14-12-10(5-2-6-11(12)16)13-17-18-19-20(13)9-4-1-3-8(15)7-9/h1-7H,16H2. The van der Waals surface area contributed by atoms with Crippen molar-refractivity contribution < 1.29 is 0 Å². The molecule has 0 fully saturated rings. The Morgan fingerprint density at radius 1 is 1.15 bits per heavy atom. The molecule has 0 atom stereocenters. The average Bonchev–Trinajstić information content (AvgIpc) is 2.91. The molecule has 0 amide bonds. The van der Waals surface area contributed by atoms with Gasteiger partial charge in [0.1, 0.15) is 0 Å². The monoisotopic (exact) mass is 349 g/mol. The lowest BCUT2D eigenvalue weighted by atomic mass is 10.2. The van der Waals surface area contributed by atoms with Crippen LogP contribution in [0.1, 0.15) is 0 Å². The van der Waals surface area contributed by atoms with Crippen LogP contribution in [-0.2, 0) is 0 Å². The topological polar surface area (TPSA) is 69.6 Å². The molecular weight excluding hydrogens is 342 g/mol. The Hall–Kier alpha value is -1.92. The summed E-state index contributed by atoms with van der Waals surface area (Å²) < 4.78 is 2.38. The van der Waals surface area contributed by atoms with E-state index < -0.39 is 0 Å². The van der Waals surface area contributed by atoms with Gasteiger partial charge in [-0.05, 0) is 56.7 Å². The quantitative estimate of drug-likeness (QED) is 0.720. The molecule has 2 N–H and O–H groups in total. The highest BCUT2D eigenvalue weighted by atomic mass is 79.9. The number of halogens is 2. The van der Waals surface area contributed by atoms with E-state index in [0.717, 1.165) is 15.7 Å². The minimum absolute atomic E-state index is 0.589. The number of nitrogens with two attached hydrogens (primary N) is 1. The second kappa shape index (κ2) is 5.22. The first-order valence-corrected chi connectivity index (χ1v) is 6.92. The Morgan fingerprint density at radius 3 is 2.75 bits per heavy atom. The second-order valence-electron chi connectivity index (χ2n) is 4.10. The van der Waals surface area contributed by atoms with Gasteiger partial charge in [0.05, 0.1) is 10.2 Å². The van der Waals surface area contributed by atoms with E-state index in [2.05, 4.69) is 31.5 Å². The van der Waals surface area contributed by atoms with Crippen LogP contribution in [0.3, 0.4) is 0 Å². The van der Waals surface area contributed by atoms with Gasteiger partial charge >= 0.3 is 0 Å². The van der Waals surface area contributed by atoms with Crippen molar-refractivity contribution in [2.24, 2.45) is 0 Å². The van der Waals surface area contributed by atoms with E-state index in [1.807, 2.05) is 24.3 Å². The van der Waals surface area contributed by atoms with Gasteiger partial charge in [-0.3, -0.25) is 0 Å². The van der Waals surface area contributed by atoms with Gasteiger partial charge in [-0.2, -0.15) is 4.68 Å². The molecule has 7 heteroatoms. The third kappa shape index (κ3) is 2.28. The van der Waals surface area contributed by atoms with Crippen molar-refractivity contribution in [1.29, 1.82) is 0 Å². The molecule has 0 unspecified atom stereocenters. The molecule has 1 aromatic heterocycles. The number of benzene rings is 2. The summed E-state index contributed by atoms with van der Waals surface area (Å²) in [4.78, 5) is 0. The van der Waals surface area contributed by atoms with Crippen LogP contribution in [0.5, 0.6) is 0 Å². The lowest BCUT2D eigenvalue weighted by Crippen LogP contribution is -2.01. The molecule has 100 valence electrons. The Kier molecular flexibility index (Phi) is 3.42. The molecule has 0 saturated carbocycles. The van der Waals surface area contributed by atoms with Gasteiger partial charge in [-0.15, -0.1) is 5.10 Å². The van der Waals surface area contributed by atoms with Crippen LogP contribution in [0, 0.1) is 0 Å². The molecule has 3 rings (SSSR count). The average molecular weight is 351 g/mol. The molecule has 0 aliphatic heterocycles. The van der Waals surface area contributed by atoms with Crippen molar-refractivity contribution >= 4 is 33.2 Å². The predicted octanol–water partition coefficient (Wildman–Crippen LogP) is 3.33. The largest absolute Gasteiger partial charge is 0.398 e. The Balaban J connectivity index is 2.18. The van der Waals surface area contributed by atoms with Crippen LogP contribution in [0.4, 0.5) is 5.69 Å². The van der Waals surface area contributed by atoms with Crippen LogP contribution in [0.2, 0.25) is 5.02 Å². The van der Waals surface area contributed by atoms with E-state index in [-0.39, 0.29) is 0 Å². The van der Waals surface area contributed by atoms with Gasteiger partial charge in [0.25, 0.3) is 0 Å². The van der Waals surface area contributed by atoms with E-state index in [4.69, 9.17) is 17.3 Å². The molecule has 20 heavy (non-hydrogen) atoms. The van der Waals surface area contributed by atoms with Crippen LogP contribution in [0.15, 0.2) is 46.9 Å². The minimum Gasteiger partial charge on any atom is -0.398 e. The first-order valence-electron chi connectivity index (χ1n) is 5.75. The Morgan fingerprint density at radius 2 is 1.95 bits per heavy atom. The number of aromatic nitrogens is 4. The molecule has 0 spiro atoms. The Bertz CT molecular complexity index is 771. The predicted molar refractivity (Wildman–Crippen MR) is 81.7 cm³/mol. The van der Waals surface area contributed by atoms with E-state index in [0.29, 0.717) is 16.5 Å². The lowest BCUT2D eigenvalue weighted by molar-refractivity contribution is 0.791. The molecule has 0 radical (unpaired) electrons. The highest BCUT2D eigenvalue weighted by Crippen LogP contribution is 2.32. The number of tetrazole rings is 1. The van der Waals surface area contributed by atoms with Crippen LogP contribution >= 0.6 is 27.5 Å². The summed E-state index contributed by atoms with van der Waals surface area (Å²) in [6, 6.07) is 12.9. The van der Waals surface area contributed by atoms with E-state index >= 15 is 0 Å². The van der Waals surface area contributed by atoms with Gasteiger partial charge in [0, 0.05) is 16.3 Å². The van der Waals surface area contributed by atoms with Crippen molar-refractivity contribution in [2.75, 3.05) is 5.73 Å². The maximum absolute atomic E-state index is 6.01. The van der Waals surface area contributed by atoms with Gasteiger partial charge in [-0.1, -0.05) is 23.7 Å². The fraction of sp³-hybridized carbons (Fsp3) is 0. The third-order valence-corrected chi connectivity index (χ3v) is 3.91. The maximum Gasteiger partial charge on any atom is 0.188 e. The van der Waals surface area contributed by atoms with Crippen molar-refractivity contribution in [1.82, 2.24) is 20.2 Å². The number of hydrogen-bond acceptors (Lipinski definition) is 4. The van der Waals surface area contributed by atoms with Crippen LogP contribution in [-0.4, -0.2) is 20.2 Å². The molecular formula is C13H9BrClN5. The van der Waals surface area contributed by atoms with Gasteiger partial charge in [-0.25, -0.2) is 0 Å². The van der Waals surface area contributed by atoms with Crippen LogP contribution in [0.25, 0.3) is 17.1 Å². The SMILES string of the molecule is Nc1cccc(-c2nnnn2-c2cccc(Cl)c2)c1Br. The second-order valence-corrected chi connectivity index (χ2v) is 5.33. The highest BCUT2D eigenvalue weighted by Gasteiger charge is 2.14. The highest BCUT2D eigenvalue weighted by molar-refractivity contribution is 9.10. The first kappa shape index (κ1) is 13.1. The van der Waals surface area contributed by atoms with Gasteiger partial charge < -0.3 is 5.73 Å². The van der Waals surface area contributed by atoms with Crippen molar-refractivity contribution in [3.05, 3.63) is 52.0 Å². The van der Waals surface area contributed by atoms with E-state index in [9.17, 15) is 0 Å². The number of anilines is 1. The summed E-state index contributed by atoms with van der Waals surface area (Å²) >= 11 is 9.47. The molecule has 5 nitrogen and oxygen atoms in total. The summed E-state index contributed by atoms with van der Waals surface area (Å²) in [5, 5.41) is 12.4. The zero-order valence-electron chi connectivity index (χ0n) is 10.2. The zero-order valence-corrected chi connectivity index (χ0v) is 12.5. The van der Waals surface area contributed by atoms with Crippen molar-refractivity contribution in [3.8, 4) is 17.1 Å². The molecule has 2 aromatic carbocycles. The molecule has 0 aliphatic carbocycles. The number of nitrogens with zero attached hydrogens (tertiary/aromatic N) is 4. The number of hydrogen-bond donors (Lipinski definition) is 1. The first-order chi connectivity index (χ1) is 9.66. The Labute approximate surface area is 128 Å². The van der Waals surface area contributed by atoms with Crippen LogP contribution < -0.4 is 5.73 Å². The fourth-order valence-electron chi connectivity index (χ4n) is 1.86. The van der Waals surface area contributed by atoms with Crippen molar-refractivity contribution in [2.45, 2.75) is 0 Å². The molecule has 0 bridgehead atoms. The number of nitrogen functional groups attached to an aromatic ring is 1. The summed E-state index contributed by atoms with van der Waals surface area (Å²) in [6.07, 6.45) is 0. The molecule has 3 aromatic rings. The van der Waals surface area contributed by atoms with E-state index in [1.54, 1.807) is 22.9 Å². The van der Waals surface area contributed by atoms with E-state index in [1.165, 1.54) is 0 Å². The summed E-state index contributed by atoms with van der Waals surface area (Å²) in [7, 11) is 0. The van der Waals surface area contributed by atoms with Crippen molar-refractivity contribution in [3.63, 3.8) is 0 Å². The normalized spacial score (nSPS) is 10.7. The fourth-order valence-corrected chi connectivity index (χ4v) is 2.49. The molecule has 1 heterocycles. The lowest BCUT2D eigenvalue weighted by Gasteiger charge is -2.08. The summed E-state index contributed by atoms with van der Waals surface area (Å²) in [5.74, 6) is 0.589. The summed E-state index contributed by atoms with van der Waals surface area (Å²) in [6.45, 7) is 0. The zero-order chi connectivity index (χ0) is 14.1. The maximum atomic E-state index is 6.01. The van der Waals surface area contributed by atoms with Gasteiger partial charge in [0.15, 0.2) is 5.82 Å². The minimum atomic E-state index is 0.589.